The topological polar surface area (TPSA) is 29.1 Å². The van der Waals surface area contributed by atoms with Crippen molar-refractivity contribution < 1.29 is 22.4 Å². The van der Waals surface area contributed by atoms with Crippen LogP contribution in [0, 0.1) is 17.8 Å². The normalized spacial score (nSPS) is 39.5. The van der Waals surface area contributed by atoms with E-state index < -0.39 is 24.4 Å². The summed E-state index contributed by atoms with van der Waals surface area (Å²) in [4.78, 5) is 10.8. The molecule has 3 unspecified atom stereocenters. The number of carbonyl (C=O) groups excluding carboxylic acids is 1. The molecule has 2 fully saturated rings. The SMILES string of the molecule is O=CC1CCCC(C2CCC(NC(F)(F)F)CC2)C1F. The van der Waals surface area contributed by atoms with E-state index >= 15 is 0 Å². The summed E-state index contributed by atoms with van der Waals surface area (Å²) in [7, 11) is 0. The Morgan fingerprint density at radius 3 is 2.20 bits per heavy atom. The van der Waals surface area contributed by atoms with Gasteiger partial charge in [-0.05, 0) is 50.4 Å². The summed E-state index contributed by atoms with van der Waals surface area (Å²) in [5.74, 6) is -0.537. The molecule has 116 valence electrons. The number of hydrogen-bond acceptors (Lipinski definition) is 2. The van der Waals surface area contributed by atoms with Crippen molar-refractivity contribution in [1.29, 1.82) is 0 Å². The second-order valence-corrected chi connectivity index (χ2v) is 6.09. The number of carbonyl (C=O) groups is 1. The molecule has 0 aromatic rings. The maximum absolute atomic E-state index is 14.2. The lowest BCUT2D eigenvalue weighted by Crippen LogP contribution is -2.44. The molecule has 0 aromatic carbocycles. The van der Waals surface area contributed by atoms with E-state index in [0.29, 0.717) is 38.4 Å². The number of hydrogen-bond donors (Lipinski definition) is 1. The third kappa shape index (κ3) is 3.93. The van der Waals surface area contributed by atoms with Gasteiger partial charge in [-0.25, -0.2) is 9.71 Å². The molecular weight excluding hydrogens is 274 g/mol. The summed E-state index contributed by atoms with van der Waals surface area (Å²) in [6.45, 7) is 0. The predicted octanol–water partition coefficient (Wildman–Crippen LogP) is 3.61. The van der Waals surface area contributed by atoms with Crippen molar-refractivity contribution in [1.82, 2.24) is 5.32 Å². The lowest BCUT2D eigenvalue weighted by atomic mass is 9.69. The van der Waals surface area contributed by atoms with Gasteiger partial charge in [-0.3, -0.25) is 0 Å². The van der Waals surface area contributed by atoms with Crippen molar-refractivity contribution in [3.63, 3.8) is 0 Å². The third-order valence-electron chi connectivity index (χ3n) is 4.81. The molecule has 0 amide bonds. The van der Waals surface area contributed by atoms with Gasteiger partial charge in [0.1, 0.15) is 12.5 Å². The Morgan fingerprint density at radius 2 is 1.65 bits per heavy atom. The molecule has 0 heterocycles. The zero-order valence-electron chi connectivity index (χ0n) is 11.3. The first kappa shape index (κ1) is 15.7. The Bertz CT molecular complexity index is 326. The van der Waals surface area contributed by atoms with Crippen molar-refractivity contribution in [2.45, 2.75) is 63.5 Å². The first-order valence-corrected chi connectivity index (χ1v) is 7.34. The molecule has 2 aliphatic carbocycles. The van der Waals surface area contributed by atoms with E-state index in [2.05, 4.69) is 0 Å². The van der Waals surface area contributed by atoms with E-state index in [9.17, 15) is 22.4 Å². The van der Waals surface area contributed by atoms with E-state index in [4.69, 9.17) is 0 Å². The maximum Gasteiger partial charge on any atom is 0.457 e. The van der Waals surface area contributed by atoms with Crippen molar-refractivity contribution in [2.75, 3.05) is 0 Å². The van der Waals surface area contributed by atoms with Crippen LogP contribution in [-0.4, -0.2) is 24.8 Å². The predicted molar refractivity (Wildman–Crippen MR) is 66.7 cm³/mol. The standard InChI is InChI=1S/C14H21F4NO/c15-13-10(8-20)2-1-3-12(13)9-4-6-11(7-5-9)19-14(16,17)18/h8-13,19H,1-7H2. The molecule has 6 heteroatoms. The van der Waals surface area contributed by atoms with Crippen LogP contribution >= 0.6 is 0 Å². The minimum absolute atomic E-state index is 0.124. The zero-order valence-corrected chi connectivity index (χ0v) is 11.3. The molecule has 2 rings (SSSR count). The lowest BCUT2D eigenvalue weighted by molar-refractivity contribution is -0.167. The number of halogens is 4. The summed E-state index contributed by atoms with van der Waals surface area (Å²) in [5, 5.41) is 1.66. The van der Waals surface area contributed by atoms with Crippen molar-refractivity contribution in [3.05, 3.63) is 0 Å². The maximum atomic E-state index is 14.2. The summed E-state index contributed by atoms with van der Waals surface area (Å²) >= 11 is 0. The van der Waals surface area contributed by atoms with E-state index in [1.54, 1.807) is 5.32 Å². The Balaban J connectivity index is 1.85. The van der Waals surface area contributed by atoms with Gasteiger partial charge < -0.3 is 4.79 Å². The molecule has 2 saturated carbocycles. The Labute approximate surface area is 116 Å². The molecule has 20 heavy (non-hydrogen) atoms. The minimum atomic E-state index is -4.34. The highest BCUT2D eigenvalue weighted by Crippen LogP contribution is 2.41. The van der Waals surface area contributed by atoms with Gasteiger partial charge in [-0.1, -0.05) is 6.42 Å². The number of aldehydes is 1. The highest BCUT2D eigenvalue weighted by Gasteiger charge is 2.40. The first-order valence-electron chi connectivity index (χ1n) is 7.34. The largest absolute Gasteiger partial charge is 0.457 e. The van der Waals surface area contributed by atoms with Crippen molar-refractivity contribution in [2.24, 2.45) is 17.8 Å². The number of alkyl halides is 4. The highest BCUT2D eigenvalue weighted by molar-refractivity contribution is 5.54. The van der Waals surface area contributed by atoms with Crippen LogP contribution in [0.2, 0.25) is 0 Å². The Kier molecular flexibility index (Phi) is 5.04. The Morgan fingerprint density at radius 1 is 1.00 bits per heavy atom. The van der Waals surface area contributed by atoms with Gasteiger partial charge in [-0.2, -0.15) is 13.2 Å². The van der Waals surface area contributed by atoms with Gasteiger partial charge >= 0.3 is 6.30 Å². The molecule has 0 bridgehead atoms. The molecule has 0 spiro atoms. The second kappa shape index (κ2) is 6.41. The molecule has 0 saturated heterocycles. The average Bonchev–Trinajstić information content (AvgIpc) is 2.38. The fraction of sp³-hybridized carbons (Fsp3) is 0.929. The monoisotopic (exact) mass is 295 g/mol. The van der Waals surface area contributed by atoms with Crippen LogP contribution in [0.15, 0.2) is 0 Å². The molecule has 0 aliphatic heterocycles. The van der Waals surface area contributed by atoms with Crippen LogP contribution in [-0.2, 0) is 4.79 Å². The quantitative estimate of drug-likeness (QED) is 0.489. The second-order valence-electron chi connectivity index (χ2n) is 6.09. The number of nitrogens with one attached hydrogen (secondary N) is 1. The average molecular weight is 295 g/mol. The van der Waals surface area contributed by atoms with Gasteiger partial charge in [0.05, 0.1) is 0 Å². The van der Waals surface area contributed by atoms with Gasteiger partial charge in [0.15, 0.2) is 0 Å². The highest BCUT2D eigenvalue weighted by atomic mass is 19.4. The number of rotatable bonds is 3. The fourth-order valence-corrected chi connectivity index (χ4v) is 3.79. The van der Waals surface area contributed by atoms with Crippen molar-refractivity contribution >= 4 is 6.29 Å². The van der Waals surface area contributed by atoms with Crippen molar-refractivity contribution in [3.8, 4) is 0 Å². The molecule has 0 aromatic heterocycles. The fourth-order valence-electron chi connectivity index (χ4n) is 3.79. The van der Waals surface area contributed by atoms with Crippen LogP contribution < -0.4 is 5.32 Å². The smallest absolute Gasteiger partial charge is 0.303 e. The van der Waals surface area contributed by atoms with E-state index in [1.807, 2.05) is 0 Å². The molecule has 1 N–H and O–H groups in total. The van der Waals surface area contributed by atoms with Gasteiger partial charge in [0.2, 0.25) is 0 Å². The van der Waals surface area contributed by atoms with Crippen LogP contribution in [0.1, 0.15) is 44.9 Å². The minimum Gasteiger partial charge on any atom is -0.303 e. The summed E-state index contributed by atoms with van der Waals surface area (Å²) in [6.07, 6.45) is -0.457. The summed E-state index contributed by atoms with van der Waals surface area (Å²) in [5.41, 5.74) is 0. The van der Waals surface area contributed by atoms with Gasteiger partial charge in [-0.15, -0.1) is 0 Å². The molecule has 0 radical (unpaired) electrons. The van der Waals surface area contributed by atoms with Gasteiger partial charge in [0, 0.05) is 12.0 Å². The van der Waals surface area contributed by atoms with E-state index in [1.165, 1.54) is 0 Å². The zero-order chi connectivity index (χ0) is 14.8. The van der Waals surface area contributed by atoms with E-state index in [-0.39, 0.29) is 11.8 Å². The molecular formula is C14H21F4NO. The third-order valence-corrected chi connectivity index (χ3v) is 4.81. The summed E-state index contributed by atoms with van der Waals surface area (Å²) < 4.78 is 51.0. The Hall–Kier alpha value is -0.650. The summed E-state index contributed by atoms with van der Waals surface area (Å²) in [6, 6.07) is -0.547. The van der Waals surface area contributed by atoms with E-state index in [0.717, 1.165) is 12.8 Å². The van der Waals surface area contributed by atoms with Crippen LogP contribution in [0.5, 0.6) is 0 Å². The lowest BCUT2D eigenvalue weighted by Gasteiger charge is -2.39. The first-order chi connectivity index (χ1) is 9.40. The van der Waals surface area contributed by atoms with Crippen LogP contribution in [0.3, 0.4) is 0 Å². The molecule has 2 aliphatic rings. The van der Waals surface area contributed by atoms with Crippen LogP contribution in [0.25, 0.3) is 0 Å². The molecule has 3 atom stereocenters. The molecule has 2 nitrogen and oxygen atoms in total. The van der Waals surface area contributed by atoms with Gasteiger partial charge in [0.25, 0.3) is 0 Å². The van der Waals surface area contributed by atoms with Crippen LogP contribution in [0.4, 0.5) is 17.6 Å².